The number of ether oxygens (including phenoxy) is 1. The lowest BCUT2D eigenvalue weighted by atomic mass is 9.87. The molecular weight excluding hydrogens is 364 g/mol. The number of rotatable bonds is 9. The average molecular weight is 403 g/mol. The summed E-state index contributed by atoms with van der Waals surface area (Å²) in [5, 5.41) is 3.12. The third-order valence-electron chi connectivity index (χ3n) is 6.29. The highest BCUT2D eigenvalue weighted by Gasteiger charge is 2.30. The van der Waals surface area contributed by atoms with Crippen LogP contribution >= 0.6 is 0 Å². The van der Waals surface area contributed by atoms with Gasteiger partial charge in [-0.15, -0.1) is 0 Å². The molecule has 2 atom stereocenters. The smallest absolute Gasteiger partial charge is 0.220 e. The molecule has 2 heterocycles. The van der Waals surface area contributed by atoms with E-state index in [0.29, 0.717) is 18.4 Å². The van der Waals surface area contributed by atoms with E-state index >= 15 is 0 Å². The first kappa shape index (κ1) is 22.2. The number of morpholine rings is 1. The lowest BCUT2D eigenvalue weighted by Gasteiger charge is -2.41. The van der Waals surface area contributed by atoms with Crippen molar-refractivity contribution in [3.8, 4) is 0 Å². The number of carbonyl (C=O) groups excluding carboxylic acids is 1. The zero-order chi connectivity index (χ0) is 20.5. The second-order valence-electron chi connectivity index (χ2n) is 8.64. The van der Waals surface area contributed by atoms with Crippen LogP contribution in [0.25, 0.3) is 0 Å². The van der Waals surface area contributed by atoms with Crippen LogP contribution in [0.5, 0.6) is 0 Å². The molecular formula is C23H38N4O2. The van der Waals surface area contributed by atoms with Crippen molar-refractivity contribution in [2.45, 2.75) is 31.8 Å². The van der Waals surface area contributed by atoms with Crippen molar-refractivity contribution in [3.05, 3.63) is 35.9 Å². The van der Waals surface area contributed by atoms with E-state index in [-0.39, 0.29) is 5.91 Å². The largest absolute Gasteiger partial charge is 0.379 e. The zero-order valence-electron chi connectivity index (χ0n) is 18.2. The second kappa shape index (κ2) is 11.6. The Morgan fingerprint density at radius 2 is 1.90 bits per heavy atom. The molecule has 2 aliphatic heterocycles. The SMILES string of the molecule is CN(C)[C@@H]1CCN(Cc2ccccc2)C[C@@H]1CCC(=O)NCCN1CCOCC1. The first-order valence-electron chi connectivity index (χ1n) is 11.1. The third kappa shape index (κ3) is 7.37. The summed E-state index contributed by atoms with van der Waals surface area (Å²) in [5.41, 5.74) is 1.37. The number of nitrogens with one attached hydrogen (secondary N) is 1. The molecule has 2 fully saturated rings. The Kier molecular flexibility index (Phi) is 8.92. The molecule has 0 aromatic heterocycles. The summed E-state index contributed by atoms with van der Waals surface area (Å²) in [4.78, 5) is 19.7. The molecule has 162 valence electrons. The topological polar surface area (TPSA) is 48.0 Å². The van der Waals surface area contributed by atoms with Crippen molar-refractivity contribution in [1.29, 1.82) is 0 Å². The summed E-state index contributed by atoms with van der Waals surface area (Å²) >= 11 is 0. The normalized spacial score (nSPS) is 24.0. The predicted octanol–water partition coefficient (Wildman–Crippen LogP) is 1.67. The van der Waals surface area contributed by atoms with Crippen molar-refractivity contribution in [2.24, 2.45) is 5.92 Å². The van der Waals surface area contributed by atoms with Crippen LogP contribution in [0.1, 0.15) is 24.8 Å². The molecule has 6 nitrogen and oxygen atoms in total. The maximum atomic E-state index is 12.4. The molecule has 2 aliphatic rings. The van der Waals surface area contributed by atoms with E-state index in [1.807, 2.05) is 0 Å². The highest BCUT2D eigenvalue weighted by molar-refractivity contribution is 5.75. The van der Waals surface area contributed by atoms with Crippen molar-refractivity contribution in [2.75, 3.05) is 66.6 Å². The molecule has 1 N–H and O–H groups in total. The van der Waals surface area contributed by atoms with Crippen LogP contribution in [-0.4, -0.2) is 93.2 Å². The summed E-state index contributed by atoms with van der Waals surface area (Å²) in [6.45, 7) is 8.41. The van der Waals surface area contributed by atoms with Crippen LogP contribution in [0.2, 0.25) is 0 Å². The average Bonchev–Trinajstić information content (AvgIpc) is 2.74. The molecule has 0 unspecified atom stereocenters. The maximum Gasteiger partial charge on any atom is 0.220 e. The van der Waals surface area contributed by atoms with Crippen LogP contribution in [0.4, 0.5) is 0 Å². The molecule has 0 radical (unpaired) electrons. The highest BCUT2D eigenvalue weighted by Crippen LogP contribution is 2.26. The van der Waals surface area contributed by atoms with Gasteiger partial charge in [0.05, 0.1) is 13.2 Å². The van der Waals surface area contributed by atoms with E-state index in [1.54, 1.807) is 0 Å². The lowest BCUT2D eigenvalue weighted by molar-refractivity contribution is -0.121. The molecule has 1 aromatic rings. The molecule has 1 amide bonds. The van der Waals surface area contributed by atoms with Gasteiger partial charge in [0.1, 0.15) is 0 Å². The molecule has 2 saturated heterocycles. The Morgan fingerprint density at radius 3 is 2.62 bits per heavy atom. The Hall–Kier alpha value is -1.47. The monoisotopic (exact) mass is 402 g/mol. The Balaban J connectivity index is 1.42. The van der Waals surface area contributed by atoms with E-state index < -0.39 is 0 Å². The summed E-state index contributed by atoms with van der Waals surface area (Å²) in [7, 11) is 4.35. The fourth-order valence-corrected chi connectivity index (χ4v) is 4.63. The number of carbonyl (C=O) groups is 1. The Labute approximate surface area is 176 Å². The van der Waals surface area contributed by atoms with E-state index in [0.717, 1.165) is 65.4 Å². The van der Waals surface area contributed by atoms with Gasteiger partial charge in [-0.05, 0) is 45.0 Å². The van der Waals surface area contributed by atoms with Gasteiger partial charge in [-0.1, -0.05) is 30.3 Å². The number of piperidine rings is 1. The van der Waals surface area contributed by atoms with Crippen molar-refractivity contribution in [1.82, 2.24) is 20.0 Å². The summed E-state index contributed by atoms with van der Waals surface area (Å²) in [6, 6.07) is 11.3. The van der Waals surface area contributed by atoms with Crippen LogP contribution < -0.4 is 5.32 Å². The Morgan fingerprint density at radius 1 is 1.14 bits per heavy atom. The number of hydrogen-bond acceptors (Lipinski definition) is 5. The van der Waals surface area contributed by atoms with Gasteiger partial charge >= 0.3 is 0 Å². The van der Waals surface area contributed by atoms with Crippen LogP contribution in [0, 0.1) is 5.92 Å². The molecule has 0 spiro atoms. The number of likely N-dealkylation sites (tertiary alicyclic amines) is 1. The van der Waals surface area contributed by atoms with Crippen LogP contribution in [0.3, 0.4) is 0 Å². The minimum Gasteiger partial charge on any atom is -0.379 e. The minimum absolute atomic E-state index is 0.191. The third-order valence-corrected chi connectivity index (χ3v) is 6.29. The quantitative estimate of drug-likeness (QED) is 0.681. The van der Waals surface area contributed by atoms with Gasteiger partial charge in [-0.25, -0.2) is 0 Å². The number of nitrogens with zero attached hydrogens (tertiary/aromatic N) is 3. The molecule has 0 bridgehead atoms. The summed E-state index contributed by atoms with van der Waals surface area (Å²) in [5.74, 6) is 0.725. The lowest BCUT2D eigenvalue weighted by Crippen LogP contribution is -2.48. The van der Waals surface area contributed by atoms with E-state index in [2.05, 4.69) is 64.4 Å². The fraction of sp³-hybridized carbons (Fsp3) is 0.696. The van der Waals surface area contributed by atoms with Crippen molar-refractivity contribution in [3.63, 3.8) is 0 Å². The molecule has 3 rings (SSSR count). The molecule has 1 aromatic carbocycles. The highest BCUT2D eigenvalue weighted by atomic mass is 16.5. The Bertz CT molecular complexity index is 604. The standard InChI is InChI=1S/C23H38N4O2/c1-25(2)22-10-12-27(18-20-6-4-3-5-7-20)19-21(22)8-9-23(28)24-11-13-26-14-16-29-17-15-26/h3-7,21-22H,8-19H2,1-2H3,(H,24,28)/t21-,22+/m0/s1. The maximum absolute atomic E-state index is 12.4. The van der Waals surface area contributed by atoms with Gasteiger partial charge in [-0.3, -0.25) is 14.6 Å². The van der Waals surface area contributed by atoms with Gasteiger partial charge in [0.2, 0.25) is 5.91 Å². The number of amides is 1. The van der Waals surface area contributed by atoms with E-state index in [4.69, 9.17) is 4.74 Å². The number of benzene rings is 1. The molecule has 29 heavy (non-hydrogen) atoms. The van der Waals surface area contributed by atoms with E-state index in [1.165, 1.54) is 12.0 Å². The summed E-state index contributed by atoms with van der Waals surface area (Å²) in [6.07, 6.45) is 2.75. The molecule has 0 saturated carbocycles. The van der Waals surface area contributed by atoms with Crippen molar-refractivity contribution >= 4 is 5.91 Å². The van der Waals surface area contributed by atoms with Crippen LogP contribution in [-0.2, 0) is 16.1 Å². The van der Waals surface area contributed by atoms with Gasteiger partial charge in [0, 0.05) is 51.7 Å². The molecule has 0 aliphatic carbocycles. The number of hydrogen-bond donors (Lipinski definition) is 1. The molecule has 6 heteroatoms. The van der Waals surface area contributed by atoms with Crippen LogP contribution in [0.15, 0.2) is 30.3 Å². The van der Waals surface area contributed by atoms with Gasteiger partial charge < -0.3 is 15.0 Å². The minimum atomic E-state index is 0.191. The first-order chi connectivity index (χ1) is 14.1. The van der Waals surface area contributed by atoms with Gasteiger partial charge in [-0.2, -0.15) is 0 Å². The summed E-state index contributed by atoms with van der Waals surface area (Å²) < 4.78 is 5.37. The van der Waals surface area contributed by atoms with Gasteiger partial charge in [0.15, 0.2) is 0 Å². The second-order valence-corrected chi connectivity index (χ2v) is 8.64. The predicted molar refractivity (Wildman–Crippen MR) is 117 cm³/mol. The first-order valence-corrected chi connectivity index (χ1v) is 11.1. The van der Waals surface area contributed by atoms with E-state index in [9.17, 15) is 4.79 Å². The van der Waals surface area contributed by atoms with Gasteiger partial charge in [0.25, 0.3) is 0 Å². The van der Waals surface area contributed by atoms with Crippen molar-refractivity contribution < 1.29 is 9.53 Å². The fourth-order valence-electron chi connectivity index (χ4n) is 4.63. The zero-order valence-corrected chi connectivity index (χ0v) is 18.2.